The first kappa shape index (κ1) is 20.5. The molecule has 0 aromatic heterocycles. The molecule has 0 unspecified atom stereocenters. The van der Waals surface area contributed by atoms with E-state index in [9.17, 15) is 26.4 Å². The van der Waals surface area contributed by atoms with Crippen LogP contribution in [-0.2, 0) is 16.2 Å². The van der Waals surface area contributed by atoms with Crippen LogP contribution in [0.15, 0.2) is 47.4 Å². The number of sulfonamides is 1. The highest BCUT2D eigenvalue weighted by molar-refractivity contribution is 7.92. The summed E-state index contributed by atoms with van der Waals surface area (Å²) < 4.78 is 67.2. The van der Waals surface area contributed by atoms with Crippen molar-refractivity contribution in [3.05, 3.63) is 58.6 Å². The standard InChI is InChI=1S/C18H16ClF3N2O3S/c19-12-7-8-13(17(25)24-9-3-4-10-24)15(11-12)23-28(26,27)16-6-2-1-5-14(16)18(20,21)22/h1-2,5-8,11,23H,3-4,9-10H2. The predicted octanol–water partition coefficient (Wildman–Crippen LogP) is 4.40. The number of hydrogen-bond donors (Lipinski definition) is 1. The molecule has 1 aliphatic heterocycles. The van der Waals surface area contributed by atoms with E-state index in [1.54, 1.807) is 4.90 Å². The fourth-order valence-electron chi connectivity index (χ4n) is 3.01. The molecule has 5 nitrogen and oxygen atoms in total. The van der Waals surface area contributed by atoms with Gasteiger partial charge < -0.3 is 4.90 Å². The monoisotopic (exact) mass is 432 g/mol. The maximum Gasteiger partial charge on any atom is 0.417 e. The molecular formula is C18H16ClF3N2O3S. The number of carbonyl (C=O) groups excluding carboxylic acids is 1. The Kier molecular flexibility index (Phi) is 5.58. The number of nitrogens with one attached hydrogen (secondary N) is 1. The van der Waals surface area contributed by atoms with Gasteiger partial charge in [-0.3, -0.25) is 9.52 Å². The van der Waals surface area contributed by atoms with E-state index in [0.29, 0.717) is 19.2 Å². The third kappa shape index (κ3) is 4.25. The molecule has 0 aliphatic carbocycles. The van der Waals surface area contributed by atoms with Gasteiger partial charge in [-0.2, -0.15) is 13.2 Å². The summed E-state index contributed by atoms with van der Waals surface area (Å²) in [5.74, 6) is -0.407. The lowest BCUT2D eigenvalue weighted by molar-refractivity contribution is -0.139. The van der Waals surface area contributed by atoms with Crippen molar-refractivity contribution in [3.63, 3.8) is 0 Å². The van der Waals surface area contributed by atoms with Gasteiger partial charge in [-0.05, 0) is 43.2 Å². The minimum absolute atomic E-state index is 0.0272. The number of halogens is 4. The molecule has 2 aromatic carbocycles. The summed E-state index contributed by atoms with van der Waals surface area (Å²) in [6.07, 6.45) is -3.19. The van der Waals surface area contributed by atoms with Crippen LogP contribution in [0.25, 0.3) is 0 Å². The minimum Gasteiger partial charge on any atom is -0.339 e. The Morgan fingerprint density at radius 3 is 2.36 bits per heavy atom. The van der Waals surface area contributed by atoms with Crippen LogP contribution in [0.4, 0.5) is 18.9 Å². The van der Waals surface area contributed by atoms with Crippen LogP contribution in [0.2, 0.25) is 5.02 Å². The minimum atomic E-state index is -4.85. The Bertz CT molecular complexity index is 1000. The van der Waals surface area contributed by atoms with E-state index in [4.69, 9.17) is 11.6 Å². The molecule has 1 fully saturated rings. The third-order valence-corrected chi connectivity index (χ3v) is 5.99. The Balaban J connectivity index is 2.02. The van der Waals surface area contributed by atoms with Crippen LogP contribution in [0.3, 0.4) is 0 Å². The van der Waals surface area contributed by atoms with E-state index in [-0.39, 0.29) is 16.3 Å². The molecule has 1 N–H and O–H groups in total. The third-order valence-electron chi connectivity index (χ3n) is 4.33. The van der Waals surface area contributed by atoms with Gasteiger partial charge >= 0.3 is 6.18 Å². The van der Waals surface area contributed by atoms with Crippen molar-refractivity contribution in [2.75, 3.05) is 17.8 Å². The first-order valence-corrected chi connectivity index (χ1v) is 10.2. The largest absolute Gasteiger partial charge is 0.417 e. The smallest absolute Gasteiger partial charge is 0.339 e. The molecular weight excluding hydrogens is 417 g/mol. The van der Waals surface area contributed by atoms with Crippen LogP contribution in [0, 0.1) is 0 Å². The molecule has 1 aliphatic rings. The quantitative estimate of drug-likeness (QED) is 0.779. The number of anilines is 1. The van der Waals surface area contributed by atoms with Crippen LogP contribution in [-0.4, -0.2) is 32.3 Å². The molecule has 0 saturated carbocycles. The number of hydrogen-bond acceptors (Lipinski definition) is 3. The number of nitrogens with zero attached hydrogens (tertiary/aromatic N) is 1. The van der Waals surface area contributed by atoms with E-state index in [1.165, 1.54) is 24.3 Å². The molecule has 0 bridgehead atoms. The van der Waals surface area contributed by atoms with Gasteiger partial charge in [0.1, 0.15) is 0 Å². The number of benzene rings is 2. The van der Waals surface area contributed by atoms with Gasteiger partial charge in [0, 0.05) is 18.1 Å². The highest BCUT2D eigenvalue weighted by Gasteiger charge is 2.37. The normalized spacial score (nSPS) is 14.9. The van der Waals surface area contributed by atoms with Crippen molar-refractivity contribution in [1.29, 1.82) is 0 Å². The zero-order valence-corrected chi connectivity index (χ0v) is 16.0. The fraction of sp³-hybridized carbons (Fsp3) is 0.278. The average Bonchev–Trinajstić information content (AvgIpc) is 3.15. The molecule has 0 atom stereocenters. The summed E-state index contributed by atoms with van der Waals surface area (Å²) in [5, 5.41) is 0.139. The van der Waals surface area contributed by atoms with Crippen molar-refractivity contribution < 1.29 is 26.4 Å². The number of alkyl halides is 3. The van der Waals surface area contributed by atoms with Gasteiger partial charge in [0.05, 0.1) is 21.7 Å². The Labute approximate surface area is 165 Å². The van der Waals surface area contributed by atoms with E-state index in [2.05, 4.69) is 4.72 Å². The van der Waals surface area contributed by atoms with Crippen LogP contribution >= 0.6 is 11.6 Å². The topological polar surface area (TPSA) is 66.5 Å². The number of likely N-dealkylation sites (tertiary alicyclic amines) is 1. The SMILES string of the molecule is O=C(c1ccc(Cl)cc1NS(=O)(=O)c1ccccc1C(F)(F)F)N1CCCC1. The summed E-state index contributed by atoms with van der Waals surface area (Å²) in [4.78, 5) is 13.3. The van der Waals surface area contributed by atoms with Gasteiger partial charge in [-0.15, -0.1) is 0 Å². The molecule has 28 heavy (non-hydrogen) atoms. The van der Waals surface area contributed by atoms with Gasteiger partial charge in [0.15, 0.2) is 0 Å². The van der Waals surface area contributed by atoms with Gasteiger partial charge in [0.25, 0.3) is 15.9 Å². The number of amides is 1. The number of rotatable bonds is 4. The highest BCUT2D eigenvalue weighted by atomic mass is 35.5. The van der Waals surface area contributed by atoms with Gasteiger partial charge in [-0.25, -0.2) is 8.42 Å². The predicted molar refractivity (Wildman–Crippen MR) is 98.8 cm³/mol. The van der Waals surface area contributed by atoms with Crippen LogP contribution < -0.4 is 4.72 Å². The Morgan fingerprint density at radius 2 is 1.71 bits per heavy atom. The molecule has 1 saturated heterocycles. The zero-order valence-electron chi connectivity index (χ0n) is 14.5. The van der Waals surface area contributed by atoms with Crippen molar-refractivity contribution >= 4 is 33.2 Å². The molecule has 2 aromatic rings. The van der Waals surface area contributed by atoms with E-state index >= 15 is 0 Å². The Hall–Kier alpha value is -2.26. The van der Waals surface area contributed by atoms with Crippen molar-refractivity contribution in [2.24, 2.45) is 0 Å². The lowest BCUT2D eigenvalue weighted by Gasteiger charge is -2.19. The molecule has 1 heterocycles. The van der Waals surface area contributed by atoms with Crippen LogP contribution in [0.5, 0.6) is 0 Å². The molecule has 0 spiro atoms. The summed E-state index contributed by atoms with van der Waals surface area (Å²) in [6.45, 7) is 1.06. The molecule has 150 valence electrons. The van der Waals surface area contributed by atoms with E-state index < -0.39 is 32.6 Å². The lowest BCUT2D eigenvalue weighted by Crippen LogP contribution is -2.29. The molecule has 0 radical (unpaired) electrons. The van der Waals surface area contributed by atoms with Crippen molar-refractivity contribution in [1.82, 2.24) is 4.90 Å². The summed E-state index contributed by atoms with van der Waals surface area (Å²) in [5.41, 5.74) is -1.43. The fourth-order valence-corrected chi connectivity index (χ4v) is 4.48. The van der Waals surface area contributed by atoms with Crippen molar-refractivity contribution in [3.8, 4) is 0 Å². The average molecular weight is 433 g/mol. The van der Waals surface area contributed by atoms with E-state index in [1.807, 2.05) is 0 Å². The molecule has 1 amide bonds. The summed E-state index contributed by atoms with van der Waals surface area (Å²) >= 11 is 5.92. The van der Waals surface area contributed by atoms with Gasteiger partial charge in [0.2, 0.25) is 0 Å². The second-order valence-electron chi connectivity index (χ2n) is 6.29. The van der Waals surface area contributed by atoms with E-state index in [0.717, 1.165) is 25.0 Å². The maximum atomic E-state index is 13.2. The second-order valence-corrected chi connectivity index (χ2v) is 8.38. The van der Waals surface area contributed by atoms with Crippen LogP contribution in [0.1, 0.15) is 28.8 Å². The second kappa shape index (κ2) is 7.63. The lowest BCUT2D eigenvalue weighted by atomic mass is 10.1. The molecule has 3 rings (SSSR count). The van der Waals surface area contributed by atoms with Gasteiger partial charge in [-0.1, -0.05) is 23.7 Å². The number of carbonyl (C=O) groups is 1. The highest BCUT2D eigenvalue weighted by Crippen LogP contribution is 2.35. The Morgan fingerprint density at radius 1 is 1.07 bits per heavy atom. The zero-order chi connectivity index (χ0) is 20.5. The maximum absolute atomic E-state index is 13.2. The molecule has 10 heteroatoms. The summed E-state index contributed by atoms with van der Waals surface area (Å²) in [6, 6.07) is 7.82. The first-order chi connectivity index (χ1) is 13.1. The van der Waals surface area contributed by atoms with Crippen molar-refractivity contribution in [2.45, 2.75) is 23.9 Å². The summed E-state index contributed by atoms with van der Waals surface area (Å²) in [7, 11) is -4.62. The first-order valence-electron chi connectivity index (χ1n) is 8.37.